The maximum Gasteiger partial charge on any atom is 0.142 e. The maximum atomic E-state index is 4.88. The van der Waals surface area contributed by atoms with Crippen LogP contribution in [0.25, 0.3) is 10.7 Å². The van der Waals surface area contributed by atoms with Crippen molar-refractivity contribution < 1.29 is 0 Å². The van der Waals surface area contributed by atoms with Crippen LogP contribution in [-0.2, 0) is 19.0 Å². The summed E-state index contributed by atoms with van der Waals surface area (Å²) in [5.74, 6) is 0. The van der Waals surface area contributed by atoms with Crippen molar-refractivity contribution in [2.24, 2.45) is 7.05 Å². The molecule has 5 heteroatoms. The van der Waals surface area contributed by atoms with E-state index < -0.39 is 0 Å². The van der Waals surface area contributed by atoms with Gasteiger partial charge in [-0.25, -0.2) is 9.97 Å². The molecule has 0 aliphatic carbocycles. The summed E-state index contributed by atoms with van der Waals surface area (Å²) in [5.41, 5.74) is 2.32. The molecule has 2 rings (SSSR count). The molecule has 0 amide bonds. The average molecular weight is 292 g/mol. The van der Waals surface area contributed by atoms with Crippen LogP contribution in [0.1, 0.15) is 45.2 Å². The summed E-state index contributed by atoms with van der Waals surface area (Å²) in [6, 6.07) is 0.477. The monoisotopic (exact) mass is 292 g/mol. The molecule has 0 aromatic carbocycles. The van der Waals surface area contributed by atoms with Gasteiger partial charge in [-0.1, -0.05) is 34.6 Å². The van der Waals surface area contributed by atoms with Crippen molar-refractivity contribution in [3.05, 3.63) is 23.1 Å². The van der Waals surface area contributed by atoms with Gasteiger partial charge in [0.05, 0.1) is 23.9 Å². The van der Waals surface area contributed by atoms with Crippen LogP contribution in [0.2, 0.25) is 0 Å². The van der Waals surface area contributed by atoms with E-state index in [-0.39, 0.29) is 5.41 Å². The smallest absolute Gasteiger partial charge is 0.142 e. The Morgan fingerprint density at radius 2 is 2.05 bits per heavy atom. The molecule has 0 aliphatic rings. The number of rotatable bonds is 4. The number of aromatic nitrogens is 3. The molecule has 0 saturated carbocycles. The van der Waals surface area contributed by atoms with Gasteiger partial charge in [0, 0.05) is 29.9 Å². The summed E-state index contributed by atoms with van der Waals surface area (Å²) in [4.78, 5) is 10.4. The van der Waals surface area contributed by atoms with Crippen molar-refractivity contribution in [1.82, 2.24) is 19.9 Å². The van der Waals surface area contributed by atoms with Crippen LogP contribution in [0.5, 0.6) is 0 Å². The van der Waals surface area contributed by atoms with Crippen molar-refractivity contribution in [3.8, 4) is 10.7 Å². The third-order valence-electron chi connectivity index (χ3n) is 3.11. The zero-order valence-corrected chi connectivity index (χ0v) is 14.0. The van der Waals surface area contributed by atoms with Crippen LogP contribution in [0.3, 0.4) is 0 Å². The van der Waals surface area contributed by atoms with Crippen LogP contribution in [0, 0.1) is 0 Å². The lowest BCUT2D eigenvalue weighted by Gasteiger charge is -2.18. The van der Waals surface area contributed by atoms with E-state index in [0.29, 0.717) is 6.04 Å². The van der Waals surface area contributed by atoms with E-state index in [4.69, 9.17) is 4.98 Å². The first-order chi connectivity index (χ1) is 9.29. The lowest BCUT2D eigenvalue weighted by atomic mass is 9.91. The van der Waals surface area contributed by atoms with Gasteiger partial charge in [0.25, 0.3) is 0 Å². The van der Waals surface area contributed by atoms with Gasteiger partial charge in [-0.05, 0) is 0 Å². The Morgan fingerprint density at radius 3 is 2.55 bits per heavy atom. The quantitative estimate of drug-likeness (QED) is 0.940. The van der Waals surface area contributed by atoms with E-state index in [2.05, 4.69) is 44.9 Å². The third kappa shape index (κ3) is 3.27. The van der Waals surface area contributed by atoms with Gasteiger partial charge >= 0.3 is 0 Å². The minimum absolute atomic E-state index is 0.0569. The van der Waals surface area contributed by atoms with Crippen LogP contribution in [0.15, 0.2) is 12.5 Å². The molecule has 4 nitrogen and oxygen atoms in total. The number of nitrogens with one attached hydrogen (secondary N) is 1. The first-order valence-electron chi connectivity index (χ1n) is 6.99. The predicted octanol–water partition coefficient (Wildman–Crippen LogP) is 3.34. The van der Waals surface area contributed by atoms with E-state index in [9.17, 15) is 0 Å². The fourth-order valence-electron chi connectivity index (χ4n) is 2.03. The van der Waals surface area contributed by atoms with Crippen LogP contribution in [0.4, 0.5) is 0 Å². The lowest BCUT2D eigenvalue weighted by molar-refractivity contribution is 0.546. The lowest BCUT2D eigenvalue weighted by Crippen LogP contribution is -2.23. The minimum Gasteiger partial charge on any atom is -0.332 e. The summed E-state index contributed by atoms with van der Waals surface area (Å²) in [5, 5.41) is 4.55. The summed E-state index contributed by atoms with van der Waals surface area (Å²) in [7, 11) is 2.01. The Kier molecular flexibility index (Phi) is 4.30. The van der Waals surface area contributed by atoms with Crippen LogP contribution < -0.4 is 5.32 Å². The van der Waals surface area contributed by atoms with Crippen molar-refractivity contribution in [1.29, 1.82) is 0 Å². The summed E-state index contributed by atoms with van der Waals surface area (Å²) in [6.07, 6.45) is 3.70. The van der Waals surface area contributed by atoms with E-state index in [1.54, 1.807) is 11.3 Å². The van der Waals surface area contributed by atoms with E-state index >= 15 is 0 Å². The van der Waals surface area contributed by atoms with Gasteiger partial charge in [-0.3, -0.25) is 0 Å². The largest absolute Gasteiger partial charge is 0.332 e. The molecular weight excluding hydrogens is 268 g/mol. The molecule has 0 saturated heterocycles. The first kappa shape index (κ1) is 15.2. The molecule has 110 valence electrons. The second-order valence-corrected chi connectivity index (χ2v) is 7.55. The highest BCUT2D eigenvalue weighted by molar-refractivity contribution is 7.15. The highest BCUT2D eigenvalue weighted by Gasteiger charge is 2.24. The number of thiazole rings is 1. The Bertz CT molecular complexity index is 575. The highest BCUT2D eigenvalue weighted by atomic mass is 32.1. The van der Waals surface area contributed by atoms with Crippen molar-refractivity contribution in [2.75, 3.05) is 0 Å². The zero-order valence-electron chi connectivity index (χ0n) is 13.2. The molecule has 0 bridgehead atoms. The normalized spacial score (nSPS) is 12.3. The Labute approximate surface area is 125 Å². The van der Waals surface area contributed by atoms with Crippen LogP contribution in [-0.4, -0.2) is 20.6 Å². The summed E-state index contributed by atoms with van der Waals surface area (Å²) < 4.78 is 2.02. The second kappa shape index (κ2) is 5.66. The molecule has 0 fully saturated rings. The van der Waals surface area contributed by atoms with Gasteiger partial charge in [0.1, 0.15) is 5.01 Å². The Morgan fingerprint density at radius 1 is 1.35 bits per heavy atom. The molecule has 20 heavy (non-hydrogen) atoms. The third-order valence-corrected chi connectivity index (χ3v) is 4.19. The topological polar surface area (TPSA) is 42.7 Å². The van der Waals surface area contributed by atoms with Gasteiger partial charge in [-0.15, -0.1) is 11.3 Å². The number of nitrogens with zero attached hydrogens (tertiary/aromatic N) is 3. The minimum atomic E-state index is 0.0569. The highest BCUT2D eigenvalue weighted by Crippen LogP contribution is 2.34. The molecular formula is C15H24N4S. The van der Waals surface area contributed by atoms with E-state index in [1.807, 2.05) is 24.1 Å². The van der Waals surface area contributed by atoms with Crippen molar-refractivity contribution in [2.45, 2.75) is 52.6 Å². The molecule has 1 N–H and O–H groups in total. The predicted molar refractivity (Wildman–Crippen MR) is 85.0 cm³/mol. The van der Waals surface area contributed by atoms with Gasteiger partial charge in [0.2, 0.25) is 0 Å². The number of imidazole rings is 1. The molecule has 0 spiro atoms. The average Bonchev–Trinajstić information content (AvgIpc) is 2.91. The number of hydrogen-bond donors (Lipinski definition) is 1. The Balaban J connectivity index is 2.39. The summed E-state index contributed by atoms with van der Waals surface area (Å²) in [6.45, 7) is 11.9. The first-order valence-corrected chi connectivity index (χ1v) is 7.81. The van der Waals surface area contributed by atoms with Gasteiger partial charge in [-0.2, -0.15) is 0 Å². The molecule has 0 atom stereocenters. The molecule has 0 radical (unpaired) electrons. The van der Waals surface area contributed by atoms with Gasteiger partial charge in [0.15, 0.2) is 0 Å². The SMILES string of the molecule is CC(C)NCc1sc(-c2cncn2C)nc1C(C)(C)C. The summed E-state index contributed by atoms with van der Waals surface area (Å²) >= 11 is 1.77. The molecule has 0 aliphatic heterocycles. The Hall–Kier alpha value is -1.20. The fraction of sp³-hybridized carbons (Fsp3) is 0.600. The second-order valence-electron chi connectivity index (χ2n) is 6.47. The number of aryl methyl sites for hydroxylation is 1. The standard InChI is InChI=1S/C15H24N4S/c1-10(2)17-8-12-13(15(3,4)5)18-14(20-12)11-7-16-9-19(11)6/h7,9-10,17H,8H2,1-6H3. The van der Waals surface area contributed by atoms with Crippen LogP contribution >= 0.6 is 11.3 Å². The van der Waals surface area contributed by atoms with Crippen molar-refractivity contribution >= 4 is 11.3 Å². The molecule has 2 heterocycles. The molecule has 2 aromatic heterocycles. The van der Waals surface area contributed by atoms with Crippen molar-refractivity contribution in [3.63, 3.8) is 0 Å². The fourth-order valence-corrected chi connectivity index (χ4v) is 3.30. The molecule has 2 aromatic rings. The maximum absolute atomic E-state index is 4.88. The van der Waals surface area contributed by atoms with E-state index in [0.717, 1.165) is 17.2 Å². The molecule has 0 unspecified atom stereocenters. The number of hydrogen-bond acceptors (Lipinski definition) is 4. The zero-order chi connectivity index (χ0) is 14.9. The van der Waals surface area contributed by atoms with Gasteiger partial charge < -0.3 is 9.88 Å². The van der Waals surface area contributed by atoms with E-state index in [1.165, 1.54) is 10.6 Å².